The number of anilines is 1. The molecule has 0 unspecified atom stereocenters. The number of para-hydroxylation sites is 1. The van der Waals surface area contributed by atoms with Crippen molar-refractivity contribution in [2.45, 2.75) is 19.9 Å². The molecular weight excluding hydrogens is 439 g/mol. The van der Waals surface area contributed by atoms with Crippen LogP contribution in [0.2, 0.25) is 0 Å². The number of guanidine groups is 1. The lowest BCUT2D eigenvalue weighted by atomic mass is 10.1. The first kappa shape index (κ1) is 22.2. The van der Waals surface area contributed by atoms with E-state index in [0.717, 1.165) is 30.0 Å². The van der Waals surface area contributed by atoms with Crippen molar-refractivity contribution in [2.75, 3.05) is 32.6 Å². The van der Waals surface area contributed by atoms with Gasteiger partial charge in [0.2, 0.25) is 0 Å². The Morgan fingerprint density at radius 3 is 2.65 bits per heavy atom. The Hall–Kier alpha value is -1.80. The van der Waals surface area contributed by atoms with Crippen LogP contribution in [-0.4, -0.2) is 38.1 Å². The molecule has 0 aliphatic carbocycles. The van der Waals surface area contributed by atoms with E-state index in [-0.39, 0.29) is 24.0 Å². The quantitative estimate of drug-likeness (QED) is 0.352. The first-order valence-electron chi connectivity index (χ1n) is 8.59. The van der Waals surface area contributed by atoms with Gasteiger partial charge in [-0.2, -0.15) is 0 Å². The van der Waals surface area contributed by atoms with E-state index >= 15 is 0 Å². The average molecular weight is 468 g/mol. The van der Waals surface area contributed by atoms with Crippen molar-refractivity contribution in [3.63, 3.8) is 0 Å². The molecule has 0 saturated carbocycles. The van der Waals surface area contributed by atoms with Crippen LogP contribution < -0.4 is 15.8 Å². The molecule has 26 heavy (non-hydrogen) atoms. The fourth-order valence-electron chi connectivity index (χ4n) is 2.34. The molecule has 0 heterocycles. The minimum Gasteiger partial charge on any atom is -0.492 e. The first-order chi connectivity index (χ1) is 12.1. The third-order valence-corrected chi connectivity index (χ3v) is 3.80. The van der Waals surface area contributed by atoms with Gasteiger partial charge >= 0.3 is 0 Å². The zero-order valence-electron chi connectivity index (χ0n) is 15.7. The number of nitrogens with zero attached hydrogens (tertiary/aromatic N) is 2. The summed E-state index contributed by atoms with van der Waals surface area (Å²) in [5.41, 5.74) is 9.26. The van der Waals surface area contributed by atoms with Gasteiger partial charge in [0.25, 0.3) is 0 Å². The highest BCUT2D eigenvalue weighted by Gasteiger charge is 2.03. The van der Waals surface area contributed by atoms with Crippen molar-refractivity contribution < 1.29 is 4.74 Å². The van der Waals surface area contributed by atoms with E-state index in [0.29, 0.717) is 19.1 Å². The lowest BCUT2D eigenvalue weighted by molar-refractivity contribution is 0.259. The molecule has 0 bridgehead atoms. The van der Waals surface area contributed by atoms with Crippen LogP contribution >= 0.6 is 24.0 Å². The van der Waals surface area contributed by atoms with Gasteiger partial charge in [-0.1, -0.05) is 37.3 Å². The van der Waals surface area contributed by atoms with E-state index in [9.17, 15) is 0 Å². The Balaban J connectivity index is 0.00000338. The van der Waals surface area contributed by atoms with Crippen molar-refractivity contribution >= 4 is 35.6 Å². The predicted octanol–water partition coefficient (Wildman–Crippen LogP) is 3.73. The summed E-state index contributed by atoms with van der Waals surface area (Å²) >= 11 is 0. The standard InChI is InChI=1S/C20H28N4O.HI/c1-4-16-8-7-10-18(14-16)23-20(21)22-15-17-9-5-6-11-19(17)25-13-12-24(2)3;/h5-11,14H,4,12-13,15H2,1-3H3,(H3,21,22,23);1H. The zero-order chi connectivity index (χ0) is 18.1. The molecule has 2 rings (SSSR count). The molecule has 0 atom stereocenters. The minimum absolute atomic E-state index is 0. The number of ether oxygens (including phenoxy) is 1. The molecule has 0 aliphatic rings. The third-order valence-electron chi connectivity index (χ3n) is 3.80. The largest absolute Gasteiger partial charge is 0.492 e. The Bertz CT molecular complexity index is 704. The number of rotatable bonds is 8. The summed E-state index contributed by atoms with van der Waals surface area (Å²) in [4.78, 5) is 6.53. The summed E-state index contributed by atoms with van der Waals surface area (Å²) < 4.78 is 5.86. The van der Waals surface area contributed by atoms with Crippen molar-refractivity contribution in [3.05, 3.63) is 59.7 Å². The number of nitrogens with two attached hydrogens (primary N) is 1. The number of hydrogen-bond acceptors (Lipinski definition) is 3. The lowest BCUT2D eigenvalue weighted by Gasteiger charge is -2.13. The molecule has 0 amide bonds. The van der Waals surface area contributed by atoms with E-state index in [1.54, 1.807) is 0 Å². The van der Waals surface area contributed by atoms with Crippen molar-refractivity contribution in [1.82, 2.24) is 4.90 Å². The highest BCUT2D eigenvalue weighted by molar-refractivity contribution is 14.0. The number of benzene rings is 2. The van der Waals surface area contributed by atoms with Gasteiger partial charge in [0.15, 0.2) is 5.96 Å². The van der Waals surface area contributed by atoms with Crippen LogP contribution in [0.25, 0.3) is 0 Å². The second-order valence-corrected chi connectivity index (χ2v) is 6.14. The number of nitrogens with one attached hydrogen (secondary N) is 1. The Kier molecular flexibility index (Phi) is 10.0. The van der Waals surface area contributed by atoms with Crippen LogP contribution in [0.3, 0.4) is 0 Å². The minimum atomic E-state index is 0. The van der Waals surface area contributed by atoms with Gasteiger partial charge in [-0.25, -0.2) is 4.99 Å². The maximum atomic E-state index is 6.03. The second kappa shape index (κ2) is 11.7. The molecule has 2 aromatic carbocycles. The summed E-state index contributed by atoms with van der Waals surface area (Å²) in [5, 5.41) is 3.14. The third kappa shape index (κ3) is 7.61. The van der Waals surface area contributed by atoms with Crippen LogP contribution in [0.1, 0.15) is 18.1 Å². The van der Waals surface area contributed by atoms with E-state index in [1.165, 1.54) is 5.56 Å². The molecule has 0 aromatic heterocycles. The van der Waals surface area contributed by atoms with Gasteiger partial charge in [0.1, 0.15) is 12.4 Å². The topological polar surface area (TPSA) is 62.9 Å². The number of hydrogen-bond donors (Lipinski definition) is 2. The highest BCUT2D eigenvalue weighted by Crippen LogP contribution is 2.19. The molecule has 2 aromatic rings. The number of aliphatic imine (C=N–C) groups is 1. The number of halogens is 1. The molecule has 0 spiro atoms. The summed E-state index contributed by atoms with van der Waals surface area (Å²) in [5.74, 6) is 1.25. The monoisotopic (exact) mass is 468 g/mol. The molecule has 3 N–H and O–H groups in total. The fraction of sp³-hybridized carbons (Fsp3) is 0.350. The van der Waals surface area contributed by atoms with Gasteiger partial charge in [-0.15, -0.1) is 24.0 Å². The van der Waals surface area contributed by atoms with Crippen LogP contribution in [-0.2, 0) is 13.0 Å². The predicted molar refractivity (Wildman–Crippen MR) is 121 cm³/mol. The highest BCUT2D eigenvalue weighted by atomic mass is 127. The van der Waals surface area contributed by atoms with Crippen molar-refractivity contribution in [1.29, 1.82) is 0 Å². The summed E-state index contributed by atoms with van der Waals surface area (Å²) in [6.45, 7) is 4.12. The van der Waals surface area contributed by atoms with Gasteiger partial charge in [0, 0.05) is 17.8 Å². The molecule has 0 radical (unpaired) electrons. The maximum absolute atomic E-state index is 6.03. The van der Waals surface area contributed by atoms with Crippen LogP contribution in [0, 0.1) is 0 Å². The first-order valence-corrected chi connectivity index (χ1v) is 8.59. The van der Waals surface area contributed by atoms with E-state index in [2.05, 4.69) is 34.3 Å². The van der Waals surface area contributed by atoms with Crippen LogP contribution in [0.4, 0.5) is 5.69 Å². The Morgan fingerprint density at radius 1 is 1.15 bits per heavy atom. The molecule has 5 nitrogen and oxygen atoms in total. The van der Waals surface area contributed by atoms with E-state index < -0.39 is 0 Å². The van der Waals surface area contributed by atoms with Gasteiger partial charge in [-0.3, -0.25) is 0 Å². The van der Waals surface area contributed by atoms with Gasteiger partial charge in [-0.05, 0) is 44.3 Å². The average Bonchev–Trinajstić information content (AvgIpc) is 2.61. The normalized spacial score (nSPS) is 11.2. The second-order valence-electron chi connectivity index (χ2n) is 6.14. The van der Waals surface area contributed by atoms with Gasteiger partial charge < -0.3 is 20.7 Å². The van der Waals surface area contributed by atoms with Crippen LogP contribution in [0.5, 0.6) is 5.75 Å². The number of aryl methyl sites for hydroxylation is 1. The molecule has 6 heteroatoms. The maximum Gasteiger partial charge on any atom is 0.193 e. The molecule has 142 valence electrons. The van der Waals surface area contributed by atoms with E-state index in [4.69, 9.17) is 10.5 Å². The molecule has 0 saturated heterocycles. The molecular formula is C20H29IN4O. The smallest absolute Gasteiger partial charge is 0.193 e. The van der Waals surface area contributed by atoms with Crippen molar-refractivity contribution in [3.8, 4) is 5.75 Å². The zero-order valence-corrected chi connectivity index (χ0v) is 18.1. The summed E-state index contributed by atoms with van der Waals surface area (Å²) in [7, 11) is 4.05. The Morgan fingerprint density at radius 2 is 1.92 bits per heavy atom. The summed E-state index contributed by atoms with van der Waals surface area (Å²) in [6, 6.07) is 16.1. The van der Waals surface area contributed by atoms with Crippen molar-refractivity contribution in [2.24, 2.45) is 10.7 Å². The SMILES string of the molecule is CCc1cccc(NC(N)=NCc2ccccc2OCCN(C)C)c1.I. The molecule has 0 aliphatic heterocycles. The number of likely N-dealkylation sites (N-methyl/N-ethyl adjacent to an activating group) is 1. The van der Waals surface area contributed by atoms with Gasteiger partial charge in [0.05, 0.1) is 6.54 Å². The summed E-state index contributed by atoms with van der Waals surface area (Å²) in [6.07, 6.45) is 0.990. The lowest BCUT2D eigenvalue weighted by Crippen LogP contribution is -2.22. The van der Waals surface area contributed by atoms with Crippen LogP contribution in [0.15, 0.2) is 53.5 Å². The van der Waals surface area contributed by atoms with E-state index in [1.807, 2.05) is 50.5 Å². The fourth-order valence-corrected chi connectivity index (χ4v) is 2.34. The molecule has 0 fully saturated rings. The Labute approximate surface area is 173 Å².